The molecule has 2 unspecified atom stereocenters. The molecule has 3 rings (SSSR count). The van der Waals surface area contributed by atoms with Crippen LogP contribution in [-0.4, -0.2) is 24.4 Å². The second-order valence-electron chi connectivity index (χ2n) is 6.68. The zero-order valence-electron chi connectivity index (χ0n) is 14.0. The summed E-state index contributed by atoms with van der Waals surface area (Å²) in [6.45, 7) is 2.20. The first-order valence-corrected chi connectivity index (χ1v) is 8.70. The average Bonchev–Trinajstić information content (AvgIpc) is 2.61. The zero-order chi connectivity index (χ0) is 16.9. The van der Waals surface area contributed by atoms with Gasteiger partial charge < -0.3 is 10.6 Å². The minimum absolute atomic E-state index is 0.0227. The number of hydrogen-bond donors (Lipinski definition) is 2. The van der Waals surface area contributed by atoms with Gasteiger partial charge in [-0.1, -0.05) is 50.1 Å². The smallest absolute Gasteiger partial charge is 0.251 e. The van der Waals surface area contributed by atoms with E-state index in [-0.39, 0.29) is 24.4 Å². The van der Waals surface area contributed by atoms with Gasteiger partial charge in [-0.3, -0.25) is 9.59 Å². The van der Waals surface area contributed by atoms with Gasteiger partial charge in [0.15, 0.2) is 0 Å². The van der Waals surface area contributed by atoms with E-state index in [0.717, 1.165) is 23.6 Å². The third-order valence-corrected chi connectivity index (χ3v) is 4.88. The van der Waals surface area contributed by atoms with Gasteiger partial charge in [0.1, 0.15) is 0 Å². The molecule has 24 heavy (non-hydrogen) atoms. The predicted octanol–water partition coefficient (Wildman–Crippen LogP) is 3.26. The molecule has 2 amide bonds. The minimum Gasteiger partial charge on any atom is -0.352 e. The molecule has 0 spiro atoms. The van der Waals surface area contributed by atoms with Crippen LogP contribution in [0.3, 0.4) is 0 Å². The summed E-state index contributed by atoms with van der Waals surface area (Å²) in [6, 6.07) is 13.7. The molecule has 2 atom stereocenters. The Kier molecular flexibility index (Phi) is 5.14. The summed E-state index contributed by atoms with van der Waals surface area (Å²) in [5, 5.41) is 7.88. The summed E-state index contributed by atoms with van der Waals surface area (Å²) in [4.78, 5) is 24.3. The molecule has 0 saturated heterocycles. The van der Waals surface area contributed by atoms with Gasteiger partial charge in [-0.05, 0) is 41.7 Å². The maximum atomic E-state index is 12.3. The highest BCUT2D eigenvalue weighted by Crippen LogP contribution is 2.23. The Bertz CT molecular complexity index is 741. The van der Waals surface area contributed by atoms with Gasteiger partial charge in [0, 0.05) is 11.6 Å². The van der Waals surface area contributed by atoms with Crippen molar-refractivity contribution in [2.45, 2.75) is 38.6 Å². The molecular weight excluding hydrogens is 300 g/mol. The van der Waals surface area contributed by atoms with Gasteiger partial charge in [0.05, 0.1) is 6.54 Å². The first-order chi connectivity index (χ1) is 11.6. The number of carbonyl (C=O) groups excluding carboxylic acids is 2. The molecule has 4 heteroatoms. The fraction of sp³-hybridized carbons (Fsp3) is 0.400. The lowest BCUT2D eigenvalue weighted by Crippen LogP contribution is -2.45. The van der Waals surface area contributed by atoms with E-state index in [1.165, 1.54) is 12.8 Å². The Morgan fingerprint density at radius 2 is 1.79 bits per heavy atom. The van der Waals surface area contributed by atoms with E-state index < -0.39 is 0 Å². The Morgan fingerprint density at radius 3 is 2.58 bits per heavy atom. The number of amides is 2. The van der Waals surface area contributed by atoms with Crippen LogP contribution in [0.4, 0.5) is 0 Å². The van der Waals surface area contributed by atoms with E-state index in [2.05, 4.69) is 17.6 Å². The molecule has 1 aliphatic carbocycles. The molecular formula is C20H24N2O2. The molecule has 126 valence electrons. The Morgan fingerprint density at radius 1 is 1.04 bits per heavy atom. The van der Waals surface area contributed by atoms with Crippen molar-refractivity contribution < 1.29 is 9.59 Å². The van der Waals surface area contributed by atoms with Crippen molar-refractivity contribution in [2.24, 2.45) is 5.92 Å². The SMILES string of the molecule is CC1CCCCC1NC(=O)CNC(=O)c1ccc2ccccc2c1. The van der Waals surface area contributed by atoms with Crippen LogP contribution in [0.15, 0.2) is 42.5 Å². The summed E-state index contributed by atoms with van der Waals surface area (Å²) < 4.78 is 0. The normalized spacial score (nSPS) is 20.5. The average molecular weight is 324 g/mol. The molecule has 0 heterocycles. The largest absolute Gasteiger partial charge is 0.352 e. The first-order valence-electron chi connectivity index (χ1n) is 8.70. The van der Waals surface area contributed by atoms with Crippen molar-refractivity contribution in [3.63, 3.8) is 0 Å². The van der Waals surface area contributed by atoms with E-state index in [1.807, 2.05) is 36.4 Å². The van der Waals surface area contributed by atoms with E-state index >= 15 is 0 Å². The zero-order valence-corrected chi connectivity index (χ0v) is 14.0. The van der Waals surface area contributed by atoms with Gasteiger partial charge in [0.25, 0.3) is 5.91 Å². The van der Waals surface area contributed by atoms with Crippen LogP contribution in [0.2, 0.25) is 0 Å². The molecule has 1 fully saturated rings. The number of hydrogen-bond acceptors (Lipinski definition) is 2. The van der Waals surface area contributed by atoms with E-state index in [1.54, 1.807) is 6.07 Å². The summed E-state index contributed by atoms with van der Waals surface area (Å²) in [6.07, 6.45) is 4.60. The van der Waals surface area contributed by atoms with Crippen molar-refractivity contribution in [2.75, 3.05) is 6.54 Å². The highest BCUT2D eigenvalue weighted by molar-refractivity contribution is 6.00. The second-order valence-corrected chi connectivity index (χ2v) is 6.68. The monoisotopic (exact) mass is 324 g/mol. The van der Waals surface area contributed by atoms with Crippen LogP contribution in [0.25, 0.3) is 10.8 Å². The van der Waals surface area contributed by atoms with Gasteiger partial charge in [-0.15, -0.1) is 0 Å². The van der Waals surface area contributed by atoms with Gasteiger partial charge >= 0.3 is 0 Å². The Balaban J connectivity index is 1.55. The molecule has 1 saturated carbocycles. The molecule has 2 aromatic carbocycles. The van der Waals surface area contributed by atoms with Crippen LogP contribution in [0.1, 0.15) is 43.0 Å². The van der Waals surface area contributed by atoms with Crippen molar-refractivity contribution in [3.8, 4) is 0 Å². The van der Waals surface area contributed by atoms with Crippen LogP contribution in [0.5, 0.6) is 0 Å². The molecule has 2 aromatic rings. The summed E-state index contributed by atoms with van der Waals surface area (Å²) >= 11 is 0. The predicted molar refractivity (Wildman–Crippen MR) is 95.8 cm³/mol. The van der Waals surface area contributed by atoms with Crippen molar-refractivity contribution in [1.29, 1.82) is 0 Å². The van der Waals surface area contributed by atoms with Gasteiger partial charge in [0.2, 0.25) is 5.91 Å². The van der Waals surface area contributed by atoms with Crippen LogP contribution in [0, 0.1) is 5.92 Å². The lowest BCUT2D eigenvalue weighted by atomic mass is 9.86. The fourth-order valence-corrected chi connectivity index (χ4v) is 3.38. The molecule has 0 aliphatic heterocycles. The third kappa shape index (κ3) is 3.94. The summed E-state index contributed by atoms with van der Waals surface area (Å²) in [5.41, 5.74) is 0.576. The lowest BCUT2D eigenvalue weighted by Gasteiger charge is -2.29. The molecule has 2 N–H and O–H groups in total. The van der Waals surface area contributed by atoms with E-state index in [9.17, 15) is 9.59 Å². The van der Waals surface area contributed by atoms with Crippen LogP contribution in [-0.2, 0) is 4.79 Å². The highest BCUT2D eigenvalue weighted by atomic mass is 16.2. The topological polar surface area (TPSA) is 58.2 Å². The van der Waals surface area contributed by atoms with Gasteiger partial charge in [-0.2, -0.15) is 0 Å². The maximum absolute atomic E-state index is 12.3. The highest BCUT2D eigenvalue weighted by Gasteiger charge is 2.22. The Labute approximate surface area is 142 Å². The standard InChI is InChI=1S/C20H24N2O2/c1-14-6-2-5-9-18(14)22-19(23)13-21-20(24)17-11-10-15-7-3-4-8-16(15)12-17/h3-4,7-8,10-12,14,18H,2,5-6,9,13H2,1H3,(H,21,24)(H,22,23). The number of benzene rings is 2. The molecule has 4 nitrogen and oxygen atoms in total. The fourth-order valence-electron chi connectivity index (χ4n) is 3.38. The number of fused-ring (bicyclic) bond motifs is 1. The molecule has 0 aromatic heterocycles. The van der Waals surface area contributed by atoms with Crippen LogP contribution < -0.4 is 10.6 Å². The molecule has 0 radical (unpaired) electrons. The quantitative estimate of drug-likeness (QED) is 0.907. The lowest BCUT2D eigenvalue weighted by molar-refractivity contribution is -0.121. The summed E-state index contributed by atoms with van der Waals surface area (Å²) in [7, 11) is 0. The van der Waals surface area contributed by atoms with E-state index in [4.69, 9.17) is 0 Å². The van der Waals surface area contributed by atoms with Crippen molar-refractivity contribution in [3.05, 3.63) is 48.0 Å². The van der Waals surface area contributed by atoms with Crippen molar-refractivity contribution in [1.82, 2.24) is 10.6 Å². The Hall–Kier alpha value is -2.36. The summed E-state index contributed by atoms with van der Waals surface area (Å²) in [5.74, 6) is 0.189. The molecule has 0 bridgehead atoms. The molecule has 1 aliphatic rings. The van der Waals surface area contributed by atoms with Gasteiger partial charge in [-0.25, -0.2) is 0 Å². The first kappa shape index (κ1) is 16.5. The van der Waals surface area contributed by atoms with Crippen LogP contribution >= 0.6 is 0 Å². The van der Waals surface area contributed by atoms with Crippen molar-refractivity contribution >= 4 is 22.6 Å². The third-order valence-electron chi connectivity index (χ3n) is 4.88. The van der Waals surface area contributed by atoms with E-state index in [0.29, 0.717) is 11.5 Å². The number of carbonyl (C=O) groups is 2. The number of rotatable bonds is 4. The number of nitrogens with one attached hydrogen (secondary N) is 2. The second kappa shape index (κ2) is 7.47. The minimum atomic E-state index is -0.215. The maximum Gasteiger partial charge on any atom is 0.251 e.